The Balaban J connectivity index is 1.81. The van der Waals surface area contributed by atoms with E-state index in [1.807, 2.05) is 6.20 Å². The zero-order chi connectivity index (χ0) is 12.3. The SMILES string of the molecule is CCc1cnc(CNC2CC(C)CC(C)C2)o1. The number of rotatable bonds is 4. The van der Waals surface area contributed by atoms with Crippen LogP contribution in [0.2, 0.25) is 0 Å². The monoisotopic (exact) mass is 236 g/mol. The molecule has 0 aromatic carbocycles. The molecule has 2 rings (SSSR count). The van der Waals surface area contributed by atoms with E-state index in [1.165, 1.54) is 19.3 Å². The summed E-state index contributed by atoms with van der Waals surface area (Å²) in [6.07, 6.45) is 6.70. The highest BCUT2D eigenvalue weighted by Crippen LogP contribution is 2.28. The molecule has 2 atom stereocenters. The lowest BCUT2D eigenvalue weighted by molar-refractivity contribution is 0.233. The van der Waals surface area contributed by atoms with Crippen LogP contribution in [0.25, 0.3) is 0 Å². The van der Waals surface area contributed by atoms with Gasteiger partial charge in [-0.3, -0.25) is 0 Å². The maximum atomic E-state index is 5.60. The lowest BCUT2D eigenvalue weighted by Crippen LogP contribution is -2.35. The molecule has 1 N–H and O–H groups in total. The van der Waals surface area contributed by atoms with Crippen molar-refractivity contribution in [1.82, 2.24) is 10.3 Å². The fourth-order valence-electron chi connectivity index (χ4n) is 2.94. The lowest BCUT2D eigenvalue weighted by atomic mass is 9.80. The molecule has 0 bridgehead atoms. The Kier molecular flexibility index (Phi) is 4.21. The molecule has 1 aliphatic carbocycles. The molecular weight excluding hydrogens is 212 g/mol. The van der Waals surface area contributed by atoms with Crippen molar-refractivity contribution in [2.24, 2.45) is 11.8 Å². The molecular formula is C14H24N2O. The van der Waals surface area contributed by atoms with E-state index >= 15 is 0 Å². The lowest BCUT2D eigenvalue weighted by Gasteiger charge is -2.31. The fraction of sp³-hybridized carbons (Fsp3) is 0.786. The Bertz CT molecular complexity index is 338. The van der Waals surface area contributed by atoms with Gasteiger partial charge in [0.15, 0.2) is 0 Å². The van der Waals surface area contributed by atoms with Crippen LogP contribution in [0.3, 0.4) is 0 Å². The van der Waals surface area contributed by atoms with Gasteiger partial charge in [-0.1, -0.05) is 20.8 Å². The summed E-state index contributed by atoms with van der Waals surface area (Å²) < 4.78 is 5.60. The molecule has 3 heteroatoms. The summed E-state index contributed by atoms with van der Waals surface area (Å²) in [6, 6.07) is 0.630. The number of nitrogens with one attached hydrogen (secondary N) is 1. The van der Waals surface area contributed by atoms with Gasteiger partial charge >= 0.3 is 0 Å². The number of nitrogens with zero attached hydrogens (tertiary/aromatic N) is 1. The van der Waals surface area contributed by atoms with E-state index in [1.54, 1.807) is 0 Å². The van der Waals surface area contributed by atoms with Crippen molar-refractivity contribution in [3.63, 3.8) is 0 Å². The summed E-state index contributed by atoms with van der Waals surface area (Å²) in [7, 11) is 0. The van der Waals surface area contributed by atoms with Crippen molar-refractivity contribution in [1.29, 1.82) is 0 Å². The van der Waals surface area contributed by atoms with E-state index in [4.69, 9.17) is 4.42 Å². The Hall–Kier alpha value is -0.830. The second-order valence-corrected chi connectivity index (χ2v) is 5.57. The topological polar surface area (TPSA) is 38.1 Å². The van der Waals surface area contributed by atoms with E-state index < -0.39 is 0 Å². The third kappa shape index (κ3) is 3.56. The average Bonchev–Trinajstić information content (AvgIpc) is 2.73. The summed E-state index contributed by atoms with van der Waals surface area (Å²) >= 11 is 0. The van der Waals surface area contributed by atoms with Crippen LogP contribution in [0.15, 0.2) is 10.6 Å². The van der Waals surface area contributed by atoms with Gasteiger partial charge in [-0.2, -0.15) is 0 Å². The Labute approximate surface area is 104 Å². The van der Waals surface area contributed by atoms with E-state index in [0.29, 0.717) is 6.04 Å². The second-order valence-electron chi connectivity index (χ2n) is 5.57. The number of oxazole rings is 1. The molecule has 0 radical (unpaired) electrons. The highest BCUT2D eigenvalue weighted by molar-refractivity contribution is 4.93. The maximum absolute atomic E-state index is 5.60. The van der Waals surface area contributed by atoms with Gasteiger partial charge < -0.3 is 9.73 Å². The standard InChI is InChI=1S/C14H24N2O/c1-4-13-8-16-14(17-13)9-15-12-6-10(2)5-11(3)7-12/h8,10-12,15H,4-7,9H2,1-3H3. The van der Waals surface area contributed by atoms with E-state index in [2.05, 4.69) is 31.1 Å². The molecule has 0 spiro atoms. The molecule has 17 heavy (non-hydrogen) atoms. The number of hydrogen-bond acceptors (Lipinski definition) is 3. The van der Waals surface area contributed by atoms with Crippen LogP contribution in [-0.2, 0) is 13.0 Å². The highest BCUT2D eigenvalue weighted by atomic mass is 16.4. The van der Waals surface area contributed by atoms with Crippen molar-refractivity contribution in [3.05, 3.63) is 17.8 Å². The quantitative estimate of drug-likeness (QED) is 0.872. The third-order valence-electron chi connectivity index (χ3n) is 3.67. The van der Waals surface area contributed by atoms with Gasteiger partial charge in [0.2, 0.25) is 5.89 Å². The summed E-state index contributed by atoms with van der Waals surface area (Å²) in [5.41, 5.74) is 0. The van der Waals surface area contributed by atoms with Crippen molar-refractivity contribution in [2.75, 3.05) is 0 Å². The van der Waals surface area contributed by atoms with Crippen molar-refractivity contribution in [3.8, 4) is 0 Å². The first-order valence-electron chi connectivity index (χ1n) is 6.84. The summed E-state index contributed by atoms with van der Waals surface area (Å²) in [5, 5.41) is 3.58. The molecule has 1 aromatic rings. The van der Waals surface area contributed by atoms with Crippen LogP contribution >= 0.6 is 0 Å². The molecule has 0 amide bonds. The van der Waals surface area contributed by atoms with Gasteiger partial charge in [0, 0.05) is 12.5 Å². The van der Waals surface area contributed by atoms with Gasteiger partial charge in [0.25, 0.3) is 0 Å². The van der Waals surface area contributed by atoms with Crippen LogP contribution in [0.4, 0.5) is 0 Å². The van der Waals surface area contributed by atoms with E-state index in [-0.39, 0.29) is 0 Å². The summed E-state index contributed by atoms with van der Waals surface area (Å²) in [6.45, 7) is 7.56. The van der Waals surface area contributed by atoms with Gasteiger partial charge in [-0.15, -0.1) is 0 Å². The van der Waals surface area contributed by atoms with E-state index in [0.717, 1.165) is 36.5 Å². The zero-order valence-electron chi connectivity index (χ0n) is 11.2. The Morgan fingerprint density at radius 3 is 2.59 bits per heavy atom. The minimum Gasteiger partial charge on any atom is -0.444 e. The van der Waals surface area contributed by atoms with E-state index in [9.17, 15) is 0 Å². The number of aryl methyl sites for hydroxylation is 1. The molecule has 1 aliphatic rings. The van der Waals surface area contributed by atoms with Gasteiger partial charge in [-0.25, -0.2) is 4.98 Å². The van der Waals surface area contributed by atoms with Gasteiger partial charge in [0.05, 0.1) is 12.7 Å². The molecule has 0 aliphatic heterocycles. The molecule has 96 valence electrons. The first kappa shape index (κ1) is 12.6. The first-order chi connectivity index (χ1) is 8.17. The van der Waals surface area contributed by atoms with Crippen LogP contribution in [0, 0.1) is 11.8 Å². The molecule has 1 saturated carbocycles. The van der Waals surface area contributed by atoms with Crippen LogP contribution < -0.4 is 5.32 Å². The minimum atomic E-state index is 0.630. The highest BCUT2D eigenvalue weighted by Gasteiger charge is 2.23. The average molecular weight is 236 g/mol. The predicted octanol–water partition coefficient (Wildman–Crippen LogP) is 3.15. The molecule has 0 saturated heterocycles. The predicted molar refractivity (Wildman–Crippen MR) is 68.7 cm³/mol. The Morgan fingerprint density at radius 1 is 1.29 bits per heavy atom. The second kappa shape index (κ2) is 5.67. The van der Waals surface area contributed by atoms with Crippen LogP contribution in [-0.4, -0.2) is 11.0 Å². The minimum absolute atomic E-state index is 0.630. The summed E-state index contributed by atoms with van der Waals surface area (Å²) in [5.74, 6) is 3.49. The fourth-order valence-corrected chi connectivity index (χ4v) is 2.94. The van der Waals surface area contributed by atoms with Crippen molar-refractivity contribution in [2.45, 2.75) is 59.0 Å². The van der Waals surface area contributed by atoms with Gasteiger partial charge in [-0.05, 0) is 31.1 Å². The van der Waals surface area contributed by atoms with Crippen molar-refractivity contribution >= 4 is 0 Å². The normalized spacial score (nSPS) is 29.5. The molecule has 1 aromatic heterocycles. The maximum Gasteiger partial charge on any atom is 0.208 e. The number of hydrogen-bond donors (Lipinski definition) is 1. The first-order valence-corrected chi connectivity index (χ1v) is 6.84. The van der Waals surface area contributed by atoms with Crippen LogP contribution in [0.5, 0.6) is 0 Å². The number of aromatic nitrogens is 1. The van der Waals surface area contributed by atoms with Crippen molar-refractivity contribution < 1.29 is 4.42 Å². The zero-order valence-corrected chi connectivity index (χ0v) is 11.2. The Morgan fingerprint density at radius 2 is 2.00 bits per heavy atom. The smallest absolute Gasteiger partial charge is 0.208 e. The molecule has 3 nitrogen and oxygen atoms in total. The molecule has 2 unspecified atom stereocenters. The van der Waals surface area contributed by atoms with Gasteiger partial charge in [0.1, 0.15) is 5.76 Å². The van der Waals surface area contributed by atoms with Crippen LogP contribution in [0.1, 0.15) is 51.7 Å². The third-order valence-corrected chi connectivity index (χ3v) is 3.67. The largest absolute Gasteiger partial charge is 0.444 e. The summed E-state index contributed by atoms with van der Waals surface area (Å²) in [4.78, 5) is 4.28. The molecule has 1 heterocycles. The molecule has 1 fully saturated rings.